The van der Waals surface area contributed by atoms with Crippen molar-refractivity contribution >= 4 is 17.2 Å². The summed E-state index contributed by atoms with van der Waals surface area (Å²) in [5, 5.41) is 13.7. The Bertz CT molecular complexity index is 469. The molecule has 4 nitrogen and oxygen atoms in total. The number of carbonyl (C=O) groups excluding carboxylic acids is 1. The molecule has 0 aromatic carbocycles. The third kappa shape index (κ3) is 3.55. The zero-order valence-electron chi connectivity index (χ0n) is 11.2. The van der Waals surface area contributed by atoms with Crippen molar-refractivity contribution in [3.8, 4) is 6.07 Å². The zero-order valence-corrected chi connectivity index (χ0v) is 12.0. The second-order valence-corrected chi connectivity index (χ2v) is 5.73. The molecule has 0 radical (unpaired) electrons. The Hall–Kier alpha value is -1.38. The van der Waals surface area contributed by atoms with Crippen molar-refractivity contribution in [3.63, 3.8) is 0 Å². The van der Waals surface area contributed by atoms with Gasteiger partial charge in [-0.1, -0.05) is 6.92 Å². The molecule has 0 unspecified atom stereocenters. The first-order chi connectivity index (χ1) is 9.24. The van der Waals surface area contributed by atoms with E-state index in [0.29, 0.717) is 6.54 Å². The Morgan fingerprint density at radius 2 is 2.32 bits per heavy atom. The van der Waals surface area contributed by atoms with Gasteiger partial charge in [0.25, 0.3) is 5.91 Å². The van der Waals surface area contributed by atoms with Crippen molar-refractivity contribution < 1.29 is 4.79 Å². The van der Waals surface area contributed by atoms with E-state index in [0.717, 1.165) is 42.8 Å². The summed E-state index contributed by atoms with van der Waals surface area (Å²) in [6, 6.07) is 4.44. The Morgan fingerprint density at radius 3 is 2.95 bits per heavy atom. The van der Waals surface area contributed by atoms with Gasteiger partial charge in [0.05, 0.1) is 17.5 Å². The molecule has 0 aliphatic carbocycles. The molecule has 0 saturated carbocycles. The van der Waals surface area contributed by atoms with E-state index in [2.05, 4.69) is 23.2 Å². The summed E-state index contributed by atoms with van der Waals surface area (Å²) in [5.74, 6) is 0.0607. The normalized spacial score (nSPS) is 17.1. The largest absolute Gasteiger partial charge is 0.349 e. The molecule has 1 aliphatic rings. The van der Waals surface area contributed by atoms with Crippen LogP contribution in [0.15, 0.2) is 11.4 Å². The van der Waals surface area contributed by atoms with Gasteiger partial charge < -0.3 is 5.32 Å². The van der Waals surface area contributed by atoms with Crippen LogP contribution in [-0.2, 0) is 6.42 Å². The number of likely N-dealkylation sites (tertiary alicyclic amines) is 1. The van der Waals surface area contributed by atoms with Crippen molar-refractivity contribution in [1.29, 1.82) is 5.26 Å². The van der Waals surface area contributed by atoms with Crippen LogP contribution in [0.1, 0.15) is 35.0 Å². The molecule has 19 heavy (non-hydrogen) atoms. The van der Waals surface area contributed by atoms with Crippen LogP contribution in [0.2, 0.25) is 0 Å². The lowest BCUT2D eigenvalue weighted by molar-refractivity contribution is 0.0917. The predicted molar refractivity (Wildman–Crippen MR) is 76.2 cm³/mol. The second-order valence-electron chi connectivity index (χ2n) is 4.81. The van der Waals surface area contributed by atoms with E-state index in [9.17, 15) is 4.79 Å². The fraction of sp³-hybridized carbons (Fsp3) is 0.571. The maximum Gasteiger partial charge on any atom is 0.261 e. The minimum absolute atomic E-state index is 0.0607. The summed E-state index contributed by atoms with van der Waals surface area (Å²) in [6.45, 7) is 4.35. The maximum atomic E-state index is 12.2. The molecule has 1 amide bonds. The molecule has 0 atom stereocenters. The maximum absolute atomic E-state index is 12.2. The smallest absolute Gasteiger partial charge is 0.261 e. The van der Waals surface area contributed by atoms with E-state index in [1.54, 1.807) is 0 Å². The number of piperidine rings is 1. The highest BCUT2D eigenvalue weighted by Gasteiger charge is 2.22. The van der Waals surface area contributed by atoms with Gasteiger partial charge in [0.1, 0.15) is 0 Å². The number of amides is 1. The topological polar surface area (TPSA) is 56.1 Å². The summed E-state index contributed by atoms with van der Waals surface area (Å²) in [7, 11) is 0. The highest BCUT2D eigenvalue weighted by atomic mass is 32.1. The van der Waals surface area contributed by atoms with E-state index in [4.69, 9.17) is 5.26 Å². The fourth-order valence-electron chi connectivity index (χ4n) is 2.40. The quantitative estimate of drug-likeness (QED) is 0.857. The minimum Gasteiger partial charge on any atom is -0.349 e. The number of hydrogen-bond acceptors (Lipinski definition) is 4. The van der Waals surface area contributed by atoms with Gasteiger partial charge in [0.15, 0.2) is 0 Å². The summed E-state index contributed by atoms with van der Waals surface area (Å²) >= 11 is 1.51. The van der Waals surface area contributed by atoms with Crippen LogP contribution in [0.5, 0.6) is 0 Å². The van der Waals surface area contributed by atoms with Gasteiger partial charge >= 0.3 is 0 Å². The van der Waals surface area contributed by atoms with Gasteiger partial charge in [-0.05, 0) is 36.3 Å². The standard InChI is InChI=1S/C14H19N3OS/c1-2-11-5-10-19-13(11)14(18)16-12-3-7-17(8-4-12)9-6-15/h5,10,12H,2-4,7-9H2,1H3,(H,16,18). The van der Waals surface area contributed by atoms with Crippen LogP contribution in [-0.4, -0.2) is 36.5 Å². The lowest BCUT2D eigenvalue weighted by atomic mass is 10.0. The lowest BCUT2D eigenvalue weighted by Crippen LogP contribution is -2.44. The summed E-state index contributed by atoms with van der Waals surface area (Å²) in [6.07, 6.45) is 2.76. The van der Waals surface area contributed by atoms with Crippen LogP contribution >= 0.6 is 11.3 Å². The number of carbonyl (C=O) groups is 1. The van der Waals surface area contributed by atoms with Gasteiger partial charge in [0.2, 0.25) is 0 Å². The van der Waals surface area contributed by atoms with E-state index in [-0.39, 0.29) is 11.9 Å². The Kier molecular flexibility index (Phi) is 4.94. The van der Waals surface area contributed by atoms with E-state index in [1.807, 2.05) is 11.4 Å². The molecule has 2 rings (SSSR count). The SMILES string of the molecule is CCc1ccsc1C(=O)NC1CCN(CC#N)CC1. The minimum atomic E-state index is 0.0607. The molecule has 1 aliphatic heterocycles. The molecule has 1 N–H and O–H groups in total. The number of aryl methyl sites for hydroxylation is 1. The Balaban J connectivity index is 1.86. The van der Waals surface area contributed by atoms with Crippen LogP contribution in [0.25, 0.3) is 0 Å². The third-order valence-corrected chi connectivity index (χ3v) is 4.51. The molecular formula is C14H19N3OS. The molecule has 5 heteroatoms. The van der Waals surface area contributed by atoms with Crippen molar-refractivity contribution in [1.82, 2.24) is 10.2 Å². The van der Waals surface area contributed by atoms with Gasteiger partial charge in [0, 0.05) is 19.1 Å². The molecular weight excluding hydrogens is 258 g/mol. The average molecular weight is 277 g/mol. The van der Waals surface area contributed by atoms with Gasteiger partial charge in [-0.15, -0.1) is 11.3 Å². The molecule has 1 fully saturated rings. The van der Waals surface area contributed by atoms with Gasteiger partial charge in [-0.25, -0.2) is 0 Å². The Morgan fingerprint density at radius 1 is 1.58 bits per heavy atom. The van der Waals surface area contributed by atoms with Crippen LogP contribution in [0.3, 0.4) is 0 Å². The first-order valence-electron chi connectivity index (χ1n) is 6.71. The highest BCUT2D eigenvalue weighted by molar-refractivity contribution is 7.12. The molecule has 1 aromatic rings. The van der Waals surface area contributed by atoms with E-state index in [1.165, 1.54) is 11.3 Å². The van der Waals surface area contributed by atoms with E-state index >= 15 is 0 Å². The van der Waals surface area contributed by atoms with E-state index < -0.39 is 0 Å². The van der Waals surface area contributed by atoms with Gasteiger partial charge in [-0.3, -0.25) is 9.69 Å². The second kappa shape index (κ2) is 6.69. The molecule has 2 heterocycles. The van der Waals surface area contributed by atoms with Crippen LogP contribution in [0.4, 0.5) is 0 Å². The number of nitriles is 1. The number of thiophene rings is 1. The zero-order chi connectivity index (χ0) is 13.7. The molecule has 0 spiro atoms. The monoisotopic (exact) mass is 277 g/mol. The Labute approximate surface area is 118 Å². The van der Waals surface area contributed by atoms with Gasteiger partial charge in [-0.2, -0.15) is 5.26 Å². The first-order valence-corrected chi connectivity index (χ1v) is 7.59. The van der Waals surface area contributed by atoms with Crippen LogP contribution in [0, 0.1) is 11.3 Å². The van der Waals surface area contributed by atoms with Crippen molar-refractivity contribution in [3.05, 3.63) is 21.9 Å². The van der Waals surface area contributed by atoms with Crippen molar-refractivity contribution in [2.45, 2.75) is 32.2 Å². The summed E-state index contributed by atoms with van der Waals surface area (Å²) < 4.78 is 0. The summed E-state index contributed by atoms with van der Waals surface area (Å²) in [4.78, 5) is 15.2. The number of rotatable bonds is 4. The predicted octanol–water partition coefficient (Wildman–Crippen LogP) is 2.03. The summed E-state index contributed by atoms with van der Waals surface area (Å²) in [5.41, 5.74) is 1.13. The number of hydrogen-bond donors (Lipinski definition) is 1. The first kappa shape index (κ1) is 14.0. The molecule has 102 valence electrons. The number of nitrogens with zero attached hydrogens (tertiary/aromatic N) is 2. The molecule has 0 bridgehead atoms. The highest BCUT2D eigenvalue weighted by Crippen LogP contribution is 2.18. The fourth-order valence-corrected chi connectivity index (χ4v) is 3.30. The third-order valence-electron chi connectivity index (χ3n) is 3.55. The number of nitrogens with one attached hydrogen (secondary N) is 1. The lowest BCUT2D eigenvalue weighted by Gasteiger charge is -2.30. The van der Waals surface area contributed by atoms with Crippen molar-refractivity contribution in [2.75, 3.05) is 19.6 Å². The van der Waals surface area contributed by atoms with Crippen LogP contribution < -0.4 is 5.32 Å². The molecule has 1 saturated heterocycles. The average Bonchev–Trinajstić information content (AvgIpc) is 2.90. The molecule has 1 aromatic heterocycles. The van der Waals surface area contributed by atoms with Crippen molar-refractivity contribution in [2.24, 2.45) is 0 Å².